The molecule has 1 N–H and O–H groups in total. The Morgan fingerprint density at radius 3 is 2.88 bits per heavy atom. The van der Waals surface area contributed by atoms with Crippen molar-refractivity contribution in [2.45, 2.75) is 39.7 Å². The molecule has 1 fully saturated rings. The number of nitrogens with zero attached hydrogens (tertiary/aromatic N) is 1. The van der Waals surface area contributed by atoms with Crippen LogP contribution in [-0.2, 0) is 16.0 Å². The fourth-order valence-electron chi connectivity index (χ4n) is 3.10. The Morgan fingerprint density at radius 1 is 1.29 bits per heavy atom. The van der Waals surface area contributed by atoms with Crippen LogP contribution >= 0.6 is 0 Å². The number of ether oxygens (including phenoxy) is 1. The van der Waals surface area contributed by atoms with Crippen molar-refractivity contribution in [2.24, 2.45) is 11.3 Å². The summed E-state index contributed by atoms with van der Waals surface area (Å²) in [4.78, 5) is 16.9. The largest absolute Gasteiger partial charge is 0.379 e. The number of benzene rings is 1. The number of pyridine rings is 1. The maximum atomic E-state index is 12.5. The van der Waals surface area contributed by atoms with E-state index in [0.29, 0.717) is 19.1 Å². The first-order chi connectivity index (χ1) is 11.5. The molecule has 0 spiro atoms. The maximum absolute atomic E-state index is 12.5. The first kappa shape index (κ1) is 16.9. The molecule has 1 saturated heterocycles. The topological polar surface area (TPSA) is 51.2 Å². The molecule has 4 nitrogen and oxygen atoms in total. The van der Waals surface area contributed by atoms with Gasteiger partial charge in [-0.3, -0.25) is 9.78 Å². The summed E-state index contributed by atoms with van der Waals surface area (Å²) in [5.74, 6) is 0.414. The summed E-state index contributed by atoms with van der Waals surface area (Å²) in [5.41, 5.74) is 1.95. The maximum Gasteiger partial charge on any atom is 0.225 e. The summed E-state index contributed by atoms with van der Waals surface area (Å²) in [7, 11) is 0. The summed E-state index contributed by atoms with van der Waals surface area (Å²) in [6.45, 7) is 7.31. The number of hydrogen-bond donors (Lipinski definition) is 1. The van der Waals surface area contributed by atoms with E-state index in [1.165, 1.54) is 10.9 Å². The number of carbonyl (C=O) groups excluding carboxylic acids is 1. The molecule has 0 radical (unpaired) electrons. The van der Waals surface area contributed by atoms with Crippen LogP contribution in [0.15, 0.2) is 36.5 Å². The monoisotopic (exact) mass is 326 g/mol. The second-order valence-corrected chi connectivity index (χ2v) is 7.31. The fourth-order valence-corrected chi connectivity index (χ4v) is 3.10. The molecule has 4 heteroatoms. The van der Waals surface area contributed by atoms with Crippen LogP contribution in [0.1, 0.15) is 32.8 Å². The standard InChI is InChI=1S/C20H26N2O2/c1-4-20(2,3)19(23)22-18-13-24-12-15(18)11-14-9-10-21-17-8-6-5-7-16(14)17/h5-10,15,18H,4,11-13H2,1-3H3,(H,22,23)/t15-,18-/m1/s1. The van der Waals surface area contributed by atoms with Crippen LogP contribution in [0.5, 0.6) is 0 Å². The summed E-state index contributed by atoms with van der Waals surface area (Å²) in [5, 5.41) is 4.39. The molecule has 128 valence electrons. The van der Waals surface area contributed by atoms with E-state index >= 15 is 0 Å². The van der Waals surface area contributed by atoms with Crippen molar-refractivity contribution in [3.8, 4) is 0 Å². The quantitative estimate of drug-likeness (QED) is 0.917. The summed E-state index contributed by atoms with van der Waals surface area (Å²) in [6.07, 6.45) is 3.58. The molecule has 2 heterocycles. The molecule has 3 rings (SSSR count). The zero-order valence-electron chi connectivity index (χ0n) is 14.7. The van der Waals surface area contributed by atoms with Crippen molar-refractivity contribution in [1.29, 1.82) is 0 Å². The highest BCUT2D eigenvalue weighted by molar-refractivity contribution is 5.82. The minimum absolute atomic E-state index is 0.0789. The van der Waals surface area contributed by atoms with Crippen LogP contribution in [0.2, 0.25) is 0 Å². The first-order valence-corrected chi connectivity index (χ1v) is 8.72. The van der Waals surface area contributed by atoms with Crippen LogP contribution in [0, 0.1) is 11.3 Å². The molecule has 1 amide bonds. The lowest BCUT2D eigenvalue weighted by molar-refractivity contribution is -0.130. The van der Waals surface area contributed by atoms with Crippen molar-refractivity contribution in [2.75, 3.05) is 13.2 Å². The lowest BCUT2D eigenvalue weighted by Crippen LogP contribution is -2.46. The zero-order chi connectivity index (χ0) is 17.2. The van der Waals surface area contributed by atoms with E-state index in [2.05, 4.69) is 22.4 Å². The van der Waals surface area contributed by atoms with Crippen molar-refractivity contribution >= 4 is 16.8 Å². The molecular weight excluding hydrogens is 300 g/mol. The van der Waals surface area contributed by atoms with Gasteiger partial charge in [-0.25, -0.2) is 0 Å². The van der Waals surface area contributed by atoms with E-state index in [0.717, 1.165) is 18.4 Å². The van der Waals surface area contributed by atoms with Crippen LogP contribution in [0.3, 0.4) is 0 Å². The molecule has 0 aliphatic carbocycles. The third-order valence-electron chi connectivity index (χ3n) is 5.23. The first-order valence-electron chi connectivity index (χ1n) is 8.72. The van der Waals surface area contributed by atoms with Gasteiger partial charge in [-0.05, 0) is 30.5 Å². The van der Waals surface area contributed by atoms with Gasteiger partial charge in [0.1, 0.15) is 0 Å². The van der Waals surface area contributed by atoms with E-state index < -0.39 is 0 Å². The highest BCUT2D eigenvalue weighted by atomic mass is 16.5. The van der Waals surface area contributed by atoms with Gasteiger partial charge in [0, 0.05) is 22.9 Å². The molecule has 0 unspecified atom stereocenters. The predicted molar refractivity (Wildman–Crippen MR) is 95.8 cm³/mol. The van der Waals surface area contributed by atoms with E-state index in [1.54, 1.807) is 0 Å². The number of para-hydroxylation sites is 1. The zero-order valence-corrected chi connectivity index (χ0v) is 14.7. The van der Waals surface area contributed by atoms with E-state index in [-0.39, 0.29) is 17.4 Å². The number of rotatable bonds is 5. The Kier molecular flexibility index (Phi) is 4.86. The van der Waals surface area contributed by atoms with Gasteiger partial charge >= 0.3 is 0 Å². The van der Waals surface area contributed by atoms with Gasteiger partial charge in [-0.15, -0.1) is 0 Å². The number of aromatic nitrogens is 1. The SMILES string of the molecule is CCC(C)(C)C(=O)N[C@@H]1COC[C@H]1Cc1ccnc2ccccc12. The third kappa shape index (κ3) is 3.44. The van der Waals surface area contributed by atoms with Gasteiger partial charge in [0.05, 0.1) is 24.8 Å². The molecule has 24 heavy (non-hydrogen) atoms. The lowest BCUT2D eigenvalue weighted by atomic mass is 9.87. The predicted octanol–water partition coefficient (Wildman–Crippen LogP) is 3.34. The third-order valence-corrected chi connectivity index (χ3v) is 5.23. The van der Waals surface area contributed by atoms with Gasteiger partial charge in [0.25, 0.3) is 0 Å². The van der Waals surface area contributed by atoms with Gasteiger partial charge in [0.15, 0.2) is 0 Å². The summed E-state index contributed by atoms with van der Waals surface area (Å²) >= 11 is 0. The van der Waals surface area contributed by atoms with Gasteiger partial charge in [-0.2, -0.15) is 0 Å². The van der Waals surface area contributed by atoms with Crippen LogP contribution in [-0.4, -0.2) is 30.1 Å². The van der Waals surface area contributed by atoms with Gasteiger partial charge < -0.3 is 10.1 Å². The smallest absolute Gasteiger partial charge is 0.225 e. The van der Waals surface area contributed by atoms with Crippen molar-refractivity contribution < 1.29 is 9.53 Å². The molecule has 1 aliphatic heterocycles. The molecular formula is C20H26N2O2. The Bertz CT molecular complexity index is 721. The fraction of sp³-hybridized carbons (Fsp3) is 0.500. The number of fused-ring (bicyclic) bond motifs is 1. The Morgan fingerprint density at radius 2 is 2.08 bits per heavy atom. The van der Waals surface area contributed by atoms with Gasteiger partial charge in [0.2, 0.25) is 5.91 Å². The van der Waals surface area contributed by atoms with Crippen molar-refractivity contribution in [1.82, 2.24) is 10.3 Å². The molecule has 2 atom stereocenters. The highest BCUT2D eigenvalue weighted by Gasteiger charge is 2.34. The van der Waals surface area contributed by atoms with Crippen LogP contribution < -0.4 is 5.32 Å². The second-order valence-electron chi connectivity index (χ2n) is 7.31. The minimum Gasteiger partial charge on any atom is -0.379 e. The average Bonchev–Trinajstić information content (AvgIpc) is 3.02. The van der Waals surface area contributed by atoms with Crippen molar-refractivity contribution in [3.63, 3.8) is 0 Å². The van der Waals surface area contributed by atoms with Crippen LogP contribution in [0.4, 0.5) is 0 Å². The van der Waals surface area contributed by atoms with Crippen LogP contribution in [0.25, 0.3) is 10.9 Å². The normalized spacial score (nSPS) is 21.1. The molecule has 0 bridgehead atoms. The summed E-state index contributed by atoms with van der Waals surface area (Å²) < 4.78 is 5.67. The second kappa shape index (κ2) is 6.89. The number of nitrogens with one attached hydrogen (secondary N) is 1. The number of carbonyl (C=O) groups is 1. The Labute approximate surface area is 143 Å². The molecule has 1 aromatic carbocycles. The van der Waals surface area contributed by atoms with E-state index in [4.69, 9.17) is 4.74 Å². The minimum atomic E-state index is -0.337. The highest BCUT2D eigenvalue weighted by Crippen LogP contribution is 2.26. The van der Waals surface area contributed by atoms with E-state index in [1.807, 2.05) is 45.2 Å². The summed E-state index contributed by atoms with van der Waals surface area (Å²) in [6, 6.07) is 10.4. The van der Waals surface area contributed by atoms with Gasteiger partial charge in [-0.1, -0.05) is 39.0 Å². The molecule has 0 saturated carbocycles. The lowest BCUT2D eigenvalue weighted by Gasteiger charge is -2.26. The molecule has 1 aliphatic rings. The Balaban J connectivity index is 1.75. The number of amides is 1. The average molecular weight is 326 g/mol. The molecule has 1 aromatic heterocycles. The number of hydrogen-bond acceptors (Lipinski definition) is 3. The Hall–Kier alpha value is -1.94. The van der Waals surface area contributed by atoms with E-state index in [9.17, 15) is 4.79 Å². The molecule has 2 aromatic rings. The van der Waals surface area contributed by atoms with Crippen molar-refractivity contribution in [3.05, 3.63) is 42.1 Å².